The molecule has 2 aliphatic rings. The summed E-state index contributed by atoms with van der Waals surface area (Å²) in [6, 6.07) is 0. The zero-order valence-corrected chi connectivity index (χ0v) is 12.2. The van der Waals surface area contributed by atoms with Crippen LogP contribution in [-0.2, 0) is 4.79 Å². The van der Waals surface area contributed by atoms with Crippen molar-refractivity contribution < 1.29 is 9.90 Å². The maximum absolute atomic E-state index is 12.4. The molecule has 3 N–H and O–H groups in total. The third-order valence-corrected chi connectivity index (χ3v) is 4.77. The van der Waals surface area contributed by atoms with Gasteiger partial charge in [-0.25, -0.2) is 0 Å². The number of rotatable bonds is 2. The molecule has 4 nitrogen and oxygen atoms in total. The van der Waals surface area contributed by atoms with Crippen molar-refractivity contribution >= 4 is 5.91 Å². The highest BCUT2D eigenvalue weighted by Gasteiger charge is 2.33. The van der Waals surface area contributed by atoms with Gasteiger partial charge < -0.3 is 15.7 Å². The summed E-state index contributed by atoms with van der Waals surface area (Å²) in [4.78, 5) is 14.3. The molecule has 0 bridgehead atoms. The van der Waals surface area contributed by atoms with Crippen molar-refractivity contribution in [3.05, 3.63) is 0 Å². The third-order valence-electron chi connectivity index (χ3n) is 4.77. The van der Waals surface area contributed by atoms with Crippen molar-refractivity contribution in [2.24, 2.45) is 5.73 Å². The average molecular weight is 268 g/mol. The van der Waals surface area contributed by atoms with E-state index in [4.69, 9.17) is 5.73 Å². The Labute approximate surface area is 116 Å². The van der Waals surface area contributed by atoms with Crippen LogP contribution in [0.5, 0.6) is 0 Å². The van der Waals surface area contributed by atoms with Crippen molar-refractivity contribution in [1.29, 1.82) is 0 Å². The summed E-state index contributed by atoms with van der Waals surface area (Å²) in [5.41, 5.74) is 5.48. The highest BCUT2D eigenvalue weighted by Crippen LogP contribution is 2.30. The van der Waals surface area contributed by atoms with Gasteiger partial charge in [0.15, 0.2) is 0 Å². The molecule has 1 amide bonds. The number of hydrogen-bond donors (Lipinski definition) is 2. The fourth-order valence-corrected chi connectivity index (χ4v) is 3.36. The lowest BCUT2D eigenvalue weighted by Crippen LogP contribution is -2.47. The zero-order valence-electron chi connectivity index (χ0n) is 12.2. The van der Waals surface area contributed by atoms with Gasteiger partial charge >= 0.3 is 0 Å². The van der Waals surface area contributed by atoms with Crippen LogP contribution in [0, 0.1) is 0 Å². The second-order valence-corrected chi connectivity index (χ2v) is 6.83. The van der Waals surface area contributed by atoms with Crippen molar-refractivity contribution in [3.63, 3.8) is 0 Å². The summed E-state index contributed by atoms with van der Waals surface area (Å²) >= 11 is 0. The minimum Gasteiger partial charge on any atom is -0.390 e. The van der Waals surface area contributed by atoms with Crippen LogP contribution in [0.15, 0.2) is 0 Å². The standard InChI is InChI=1S/C15H28N2O2/c1-14(19)6-5-10-17(11-9-14)13(18)12-15(16)7-3-2-4-8-15/h19H,2-12,16H2,1H3. The number of amides is 1. The van der Waals surface area contributed by atoms with Crippen LogP contribution in [0.1, 0.15) is 64.7 Å². The van der Waals surface area contributed by atoms with Crippen molar-refractivity contribution in [3.8, 4) is 0 Å². The average Bonchev–Trinajstić information content (AvgIpc) is 2.50. The van der Waals surface area contributed by atoms with Gasteiger partial charge in [-0.15, -0.1) is 0 Å². The third kappa shape index (κ3) is 4.18. The van der Waals surface area contributed by atoms with E-state index in [0.29, 0.717) is 19.4 Å². The highest BCUT2D eigenvalue weighted by molar-refractivity contribution is 5.77. The van der Waals surface area contributed by atoms with Gasteiger partial charge in [0.1, 0.15) is 0 Å². The summed E-state index contributed by atoms with van der Waals surface area (Å²) < 4.78 is 0. The molecule has 19 heavy (non-hydrogen) atoms. The van der Waals surface area contributed by atoms with E-state index in [1.165, 1.54) is 6.42 Å². The van der Waals surface area contributed by atoms with Gasteiger partial charge in [0.25, 0.3) is 0 Å². The van der Waals surface area contributed by atoms with E-state index in [1.807, 2.05) is 11.8 Å². The summed E-state index contributed by atoms with van der Waals surface area (Å²) in [6.07, 6.45) is 8.33. The SMILES string of the molecule is CC1(O)CCCN(C(=O)CC2(N)CCCCC2)CC1. The summed E-state index contributed by atoms with van der Waals surface area (Å²) in [7, 11) is 0. The molecule has 2 fully saturated rings. The van der Waals surface area contributed by atoms with E-state index in [0.717, 1.165) is 45.1 Å². The lowest BCUT2D eigenvalue weighted by molar-refractivity contribution is -0.132. The molecule has 0 radical (unpaired) electrons. The molecule has 0 aromatic carbocycles. The fraction of sp³-hybridized carbons (Fsp3) is 0.933. The van der Waals surface area contributed by atoms with Crippen LogP contribution in [0.4, 0.5) is 0 Å². The quantitative estimate of drug-likeness (QED) is 0.802. The number of likely N-dealkylation sites (tertiary alicyclic amines) is 1. The Kier molecular flexibility index (Phi) is 4.51. The number of nitrogens with zero attached hydrogens (tertiary/aromatic N) is 1. The van der Waals surface area contributed by atoms with E-state index >= 15 is 0 Å². The molecule has 110 valence electrons. The molecule has 1 unspecified atom stereocenters. The molecular weight excluding hydrogens is 240 g/mol. The number of carbonyl (C=O) groups excluding carboxylic acids is 1. The minimum absolute atomic E-state index is 0.183. The Morgan fingerprint density at radius 3 is 2.47 bits per heavy atom. The maximum atomic E-state index is 12.4. The molecule has 1 aliphatic heterocycles. The summed E-state index contributed by atoms with van der Waals surface area (Å²) in [5, 5.41) is 10.1. The van der Waals surface area contributed by atoms with E-state index in [9.17, 15) is 9.90 Å². The normalized spacial score (nSPS) is 31.8. The van der Waals surface area contributed by atoms with Gasteiger partial charge in [0.2, 0.25) is 5.91 Å². The predicted octanol–water partition coefficient (Wildman–Crippen LogP) is 1.80. The smallest absolute Gasteiger partial charge is 0.224 e. The molecule has 2 rings (SSSR count). The lowest BCUT2D eigenvalue weighted by atomic mass is 9.80. The first-order valence-corrected chi connectivity index (χ1v) is 7.69. The monoisotopic (exact) mass is 268 g/mol. The zero-order chi connectivity index (χ0) is 13.9. The first kappa shape index (κ1) is 14.8. The number of nitrogens with two attached hydrogens (primary N) is 1. The van der Waals surface area contributed by atoms with Gasteiger partial charge in [-0.2, -0.15) is 0 Å². The van der Waals surface area contributed by atoms with Gasteiger partial charge in [-0.3, -0.25) is 4.79 Å². The highest BCUT2D eigenvalue weighted by atomic mass is 16.3. The summed E-state index contributed by atoms with van der Waals surface area (Å²) in [5.74, 6) is 0.183. The van der Waals surface area contributed by atoms with Crippen LogP contribution >= 0.6 is 0 Å². The van der Waals surface area contributed by atoms with Crippen LogP contribution in [0.2, 0.25) is 0 Å². The molecule has 0 aromatic rings. The second kappa shape index (κ2) is 5.80. The van der Waals surface area contributed by atoms with Gasteiger partial charge in [-0.1, -0.05) is 19.3 Å². The Morgan fingerprint density at radius 2 is 1.79 bits per heavy atom. The van der Waals surface area contributed by atoms with Crippen LogP contribution < -0.4 is 5.73 Å². The molecular formula is C15H28N2O2. The molecule has 0 aromatic heterocycles. The van der Waals surface area contributed by atoms with Gasteiger partial charge in [-0.05, 0) is 39.0 Å². The lowest BCUT2D eigenvalue weighted by Gasteiger charge is -2.34. The van der Waals surface area contributed by atoms with Gasteiger partial charge in [0, 0.05) is 25.0 Å². The molecule has 1 saturated carbocycles. The van der Waals surface area contributed by atoms with E-state index < -0.39 is 5.60 Å². The number of carbonyl (C=O) groups is 1. The molecule has 1 saturated heterocycles. The largest absolute Gasteiger partial charge is 0.390 e. The first-order chi connectivity index (χ1) is 8.90. The summed E-state index contributed by atoms with van der Waals surface area (Å²) in [6.45, 7) is 3.31. The Hall–Kier alpha value is -0.610. The van der Waals surface area contributed by atoms with Crippen LogP contribution in [0.25, 0.3) is 0 Å². The van der Waals surface area contributed by atoms with Crippen molar-refractivity contribution in [2.75, 3.05) is 13.1 Å². The number of hydrogen-bond acceptors (Lipinski definition) is 3. The minimum atomic E-state index is -0.611. The van der Waals surface area contributed by atoms with Crippen molar-refractivity contribution in [1.82, 2.24) is 4.90 Å². The van der Waals surface area contributed by atoms with Crippen LogP contribution in [0.3, 0.4) is 0 Å². The van der Waals surface area contributed by atoms with Gasteiger partial charge in [0.05, 0.1) is 5.60 Å². The Bertz CT molecular complexity index is 322. The Balaban J connectivity index is 1.89. The molecule has 4 heteroatoms. The maximum Gasteiger partial charge on any atom is 0.224 e. The topological polar surface area (TPSA) is 66.6 Å². The van der Waals surface area contributed by atoms with E-state index in [1.54, 1.807) is 0 Å². The molecule has 1 heterocycles. The molecule has 1 aliphatic carbocycles. The Morgan fingerprint density at radius 1 is 1.11 bits per heavy atom. The van der Waals surface area contributed by atoms with Crippen LogP contribution in [-0.4, -0.2) is 40.1 Å². The number of aliphatic hydroxyl groups is 1. The molecule has 1 atom stereocenters. The van der Waals surface area contributed by atoms with E-state index in [-0.39, 0.29) is 11.4 Å². The molecule has 0 spiro atoms. The second-order valence-electron chi connectivity index (χ2n) is 6.83. The van der Waals surface area contributed by atoms with Crippen molar-refractivity contribution in [2.45, 2.75) is 75.9 Å². The first-order valence-electron chi connectivity index (χ1n) is 7.69. The fourth-order valence-electron chi connectivity index (χ4n) is 3.36. The van der Waals surface area contributed by atoms with E-state index in [2.05, 4.69) is 0 Å². The predicted molar refractivity (Wildman–Crippen MR) is 75.7 cm³/mol.